The van der Waals surface area contributed by atoms with E-state index in [1.807, 2.05) is 30.3 Å². The van der Waals surface area contributed by atoms with E-state index < -0.39 is 0 Å². The number of ketones is 1. The highest BCUT2D eigenvalue weighted by Crippen LogP contribution is 2.33. The Morgan fingerprint density at radius 2 is 1.94 bits per heavy atom. The summed E-state index contributed by atoms with van der Waals surface area (Å²) in [6, 6.07) is 9.74. The first kappa shape index (κ1) is 11.5. The Morgan fingerprint density at radius 3 is 2.53 bits per heavy atom. The molecule has 0 spiro atoms. The monoisotopic (exact) mass is 230 g/mol. The number of benzene rings is 1. The highest BCUT2D eigenvalue weighted by Gasteiger charge is 2.28. The maximum Gasteiger partial charge on any atom is 0.187 e. The number of nitrogens with zero attached hydrogens (tertiary/aromatic N) is 2. The molecule has 88 valence electrons. The fraction of sp³-hybridized carbons (Fsp3) is 0.308. The number of carbonyl (C=O) groups is 1. The van der Waals surface area contributed by atoms with Crippen LogP contribution < -0.4 is 0 Å². The number of aliphatic hydroxyl groups excluding tert-OH is 1. The molecule has 0 saturated carbocycles. The summed E-state index contributed by atoms with van der Waals surface area (Å²) in [4.78, 5) is 11.8. The molecule has 1 atom stereocenters. The molecule has 0 fully saturated rings. The number of hydrogen-bond acceptors (Lipinski definition) is 4. The molecule has 1 unspecified atom stereocenters. The Kier molecular flexibility index (Phi) is 3.32. The van der Waals surface area contributed by atoms with Gasteiger partial charge in [-0.2, -0.15) is 5.11 Å². The number of hydrogen-bond donors (Lipinski definition) is 1. The largest absolute Gasteiger partial charge is 0.510 e. The molecule has 4 heteroatoms. The van der Waals surface area contributed by atoms with Gasteiger partial charge in [0.25, 0.3) is 0 Å². The standard InChI is InChI=1S/C13H14N2O2/c1-14-15-13-11(16)7-10(8-12(13)17)9-5-3-2-4-6-9/h2-6,10,16H,7-8H2,1H3/b15-14+. The summed E-state index contributed by atoms with van der Waals surface area (Å²) < 4.78 is 0. The van der Waals surface area contributed by atoms with E-state index in [0.29, 0.717) is 12.8 Å². The summed E-state index contributed by atoms with van der Waals surface area (Å²) in [5.41, 5.74) is 1.18. The Labute approximate surface area is 99.7 Å². The third kappa shape index (κ3) is 2.41. The number of carbonyl (C=O) groups excluding carboxylic acids is 1. The maximum atomic E-state index is 11.8. The van der Waals surface area contributed by atoms with Crippen LogP contribution >= 0.6 is 0 Å². The smallest absolute Gasteiger partial charge is 0.187 e. The van der Waals surface area contributed by atoms with Crippen molar-refractivity contribution in [3.8, 4) is 0 Å². The summed E-state index contributed by atoms with van der Waals surface area (Å²) in [5.74, 6) is -0.0617. The molecule has 2 rings (SSSR count). The van der Waals surface area contributed by atoms with Crippen LogP contribution in [0.3, 0.4) is 0 Å². The molecule has 0 bridgehead atoms. The summed E-state index contributed by atoms with van der Waals surface area (Å²) in [6.07, 6.45) is 0.826. The maximum absolute atomic E-state index is 11.8. The summed E-state index contributed by atoms with van der Waals surface area (Å²) >= 11 is 0. The Hall–Kier alpha value is -1.97. The highest BCUT2D eigenvalue weighted by atomic mass is 16.3. The molecule has 4 nitrogen and oxygen atoms in total. The molecule has 1 aromatic rings. The van der Waals surface area contributed by atoms with Crippen LogP contribution in [0.4, 0.5) is 0 Å². The van der Waals surface area contributed by atoms with Gasteiger partial charge in [-0.15, -0.1) is 5.11 Å². The molecule has 0 heterocycles. The summed E-state index contributed by atoms with van der Waals surface area (Å²) in [6.45, 7) is 0. The van der Waals surface area contributed by atoms with E-state index in [1.54, 1.807) is 0 Å². The Morgan fingerprint density at radius 1 is 1.24 bits per heavy atom. The summed E-state index contributed by atoms with van der Waals surface area (Å²) in [7, 11) is 1.48. The predicted octanol–water partition coefficient (Wildman–Crippen LogP) is 2.98. The van der Waals surface area contributed by atoms with E-state index in [1.165, 1.54) is 7.05 Å². The fourth-order valence-corrected chi connectivity index (χ4v) is 2.06. The van der Waals surface area contributed by atoms with Crippen molar-refractivity contribution in [3.63, 3.8) is 0 Å². The second-order valence-electron chi connectivity index (χ2n) is 4.03. The van der Waals surface area contributed by atoms with Crippen LogP contribution in [0.15, 0.2) is 52.0 Å². The van der Waals surface area contributed by atoms with E-state index in [2.05, 4.69) is 10.2 Å². The lowest BCUT2D eigenvalue weighted by atomic mass is 9.85. The third-order valence-corrected chi connectivity index (χ3v) is 2.88. The van der Waals surface area contributed by atoms with E-state index >= 15 is 0 Å². The van der Waals surface area contributed by atoms with Gasteiger partial charge in [0, 0.05) is 19.9 Å². The molecule has 0 amide bonds. The molecule has 0 saturated heterocycles. The molecule has 0 aromatic heterocycles. The van der Waals surface area contributed by atoms with Gasteiger partial charge >= 0.3 is 0 Å². The lowest BCUT2D eigenvalue weighted by Crippen LogP contribution is -2.17. The zero-order valence-electron chi connectivity index (χ0n) is 9.63. The molecular formula is C13H14N2O2. The molecule has 17 heavy (non-hydrogen) atoms. The average Bonchev–Trinajstić information content (AvgIpc) is 2.35. The van der Waals surface area contributed by atoms with Crippen molar-refractivity contribution < 1.29 is 9.90 Å². The first-order chi connectivity index (χ1) is 8.22. The van der Waals surface area contributed by atoms with Crippen LogP contribution in [0.25, 0.3) is 0 Å². The van der Waals surface area contributed by atoms with E-state index in [9.17, 15) is 9.90 Å². The van der Waals surface area contributed by atoms with Crippen molar-refractivity contribution in [2.45, 2.75) is 18.8 Å². The van der Waals surface area contributed by atoms with Crippen LogP contribution in [0, 0.1) is 0 Å². The third-order valence-electron chi connectivity index (χ3n) is 2.88. The van der Waals surface area contributed by atoms with Crippen molar-refractivity contribution in [1.29, 1.82) is 0 Å². The first-order valence-corrected chi connectivity index (χ1v) is 5.52. The van der Waals surface area contributed by atoms with Gasteiger partial charge in [0.2, 0.25) is 0 Å². The van der Waals surface area contributed by atoms with Crippen LogP contribution in [0.5, 0.6) is 0 Å². The lowest BCUT2D eigenvalue weighted by molar-refractivity contribution is -0.116. The van der Waals surface area contributed by atoms with Crippen LogP contribution in [0.2, 0.25) is 0 Å². The topological polar surface area (TPSA) is 62.0 Å². The molecule has 1 N–H and O–H groups in total. The minimum Gasteiger partial charge on any atom is -0.510 e. The van der Waals surface area contributed by atoms with Gasteiger partial charge in [-0.25, -0.2) is 0 Å². The molecule has 1 aromatic carbocycles. The first-order valence-electron chi connectivity index (χ1n) is 5.52. The van der Waals surface area contributed by atoms with Gasteiger partial charge in [0.1, 0.15) is 5.76 Å². The number of rotatable bonds is 2. The van der Waals surface area contributed by atoms with Gasteiger partial charge in [-0.1, -0.05) is 30.3 Å². The lowest BCUT2D eigenvalue weighted by Gasteiger charge is -2.21. The molecule has 0 radical (unpaired) electrons. The van der Waals surface area contributed by atoms with Crippen molar-refractivity contribution in [2.75, 3.05) is 7.05 Å². The number of azo groups is 1. The SMILES string of the molecule is C/N=N/C1=C(O)CC(c2ccccc2)CC1=O. The highest BCUT2D eigenvalue weighted by molar-refractivity contribution is 5.96. The van der Waals surface area contributed by atoms with Crippen LogP contribution in [0.1, 0.15) is 24.3 Å². The van der Waals surface area contributed by atoms with Crippen molar-refractivity contribution in [2.24, 2.45) is 10.2 Å². The minimum absolute atomic E-state index is 0.0412. The van der Waals surface area contributed by atoms with E-state index in [4.69, 9.17) is 0 Å². The van der Waals surface area contributed by atoms with E-state index in [0.717, 1.165) is 5.56 Å². The second-order valence-corrected chi connectivity index (χ2v) is 4.03. The fourth-order valence-electron chi connectivity index (χ4n) is 2.06. The van der Waals surface area contributed by atoms with Gasteiger partial charge in [-0.05, 0) is 11.5 Å². The van der Waals surface area contributed by atoms with Crippen molar-refractivity contribution >= 4 is 5.78 Å². The van der Waals surface area contributed by atoms with E-state index in [-0.39, 0.29) is 23.2 Å². The average molecular weight is 230 g/mol. The summed E-state index contributed by atoms with van der Waals surface area (Å²) in [5, 5.41) is 17.0. The number of aliphatic hydroxyl groups is 1. The van der Waals surface area contributed by atoms with Gasteiger partial charge in [0.15, 0.2) is 11.5 Å². The number of Topliss-reactive ketones (excluding diaryl/α,β-unsaturated/α-hetero) is 1. The van der Waals surface area contributed by atoms with Crippen LogP contribution in [-0.2, 0) is 4.79 Å². The molecule has 0 aliphatic heterocycles. The second kappa shape index (κ2) is 4.91. The van der Waals surface area contributed by atoms with Crippen molar-refractivity contribution in [3.05, 3.63) is 47.4 Å². The Bertz CT molecular complexity index is 477. The molecule has 1 aliphatic rings. The zero-order valence-corrected chi connectivity index (χ0v) is 9.63. The predicted molar refractivity (Wildman–Crippen MR) is 63.9 cm³/mol. The zero-order chi connectivity index (χ0) is 12.3. The number of allylic oxidation sites excluding steroid dienone is 2. The van der Waals surface area contributed by atoms with Gasteiger partial charge in [0.05, 0.1) is 0 Å². The molecule has 1 aliphatic carbocycles. The molecular weight excluding hydrogens is 216 g/mol. The van der Waals surface area contributed by atoms with Gasteiger partial charge < -0.3 is 5.11 Å². The quantitative estimate of drug-likeness (QED) is 0.794. The van der Waals surface area contributed by atoms with Gasteiger partial charge in [-0.3, -0.25) is 4.79 Å². The van der Waals surface area contributed by atoms with Crippen molar-refractivity contribution in [1.82, 2.24) is 0 Å². The minimum atomic E-state index is -0.145. The Balaban J connectivity index is 2.26. The van der Waals surface area contributed by atoms with Crippen LogP contribution in [-0.4, -0.2) is 17.9 Å². The normalized spacial score (nSPS) is 21.2.